The summed E-state index contributed by atoms with van der Waals surface area (Å²) in [5.74, 6) is 0.120. The zero-order chi connectivity index (χ0) is 34.0. The average Bonchev–Trinajstić information content (AvgIpc) is 3.04. The van der Waals surface area contributed by atoms with E-state index in [1.54, 1.807) is 63.0 Å². The van der Waals surface area contributed by atoms with Crippen LogP contribution in [0.15, 0.2) is 24.7 Å². The quantitative estimate of drug-likeness (QED) is 0.152. The zero-order valence-electron chi connectivity index (χ0n) is 28.9. The number of methoxy groups -OCH3 is 9. The summed E-state index contributed by atoms with van der Waals surface area (Å²) in [6.45, 7) is 8.11. The van der Waals surface area contributed by atoms with Crippen LogP contribution in [0.25, 0.3) is 0 Å². The molecule has 14 nitrogen and oxygen atoms in total. The monoisotopic (exact) mass is 651 g/mol. The van der Waals surface area contributed by atoms with Gasteiger partial charge < -0.3 is 62.2 Å². The molecule has 0 aromatic carbocycles. The summed E-state index contributed by atoms with van der Waals surface area (Å²) in [5, 5.41) is 3.00. The molecule has 10 atom stereocenters. The van der Waals surface area contributed by atoms with Gasteiger partial charge >= 0.3 is 0 Å². The SMILES string of the molecule is C=C(OC)C(C)(CC(OC)C(CC(OC)C(COC)OC)NC(C)=O)OCC1OC(O/C=C\COC)C(OC)C(OC)C1OC. The highest BCUT2D eigenvalue weighted by Gasteiger charge is 2.49. The van der Waals surface area contributed by atoms with Crippen molar-refractivity contribution in [3.8, 4) is 0 Å². The summed E-state index contributed by atoms with van der Waals surface area (Å²) in [5.41, 5.74) is -1.10. The van der Waals surface area contributed by atoms with E-state index in [1.807, 2.05) is 6.92 Å². The van der Waals surface area contributed by atoms with Crippen molar-refractivity contribution in [1.82, 2.24) is 5.32 Å². The molecule has 0 spiro atoms. The Hall–Kier alpha value is -1.85. The molecular weight excluding hydrogens is 594 g/mol. The second-order valence-electron chi connectivity index (χ2n) is 10.8. The summed E-state index contributed by atoms with van der Waals surface area (Å²) in [6.07, 6.45) is -0.683. The minimum atomic E-state index is -1.10. The van der Waals surface area contributed by atoms with Gasteiger partial charge in [-0.25, -0.2) is 0 Å². The van der Waals surface area contributed by atoms with Gasteiger partial charge in [-0.1, -0.05) is 6.58 Å². The molecular formula is C31H57NO13. The van der Waals surface area contributed by atoms with Gasteiger partial charge in [0.1, 0.15) is 41.9 Å². The maximum Gasteiger partial charge on any atom is 0.228 e. The van der Waals surface area contributed by atoms with Gasteiger partial charge in [-0.3, -0.25) is 4.79 Å². The lowest BCUT2D eigenvalue weighted by molar-refractivity contribution is -0.306. The minimum absolute atomic E-state index is 0.0385. The number of rotatable bonds is 24. The van der Waals surface area contributed by atoms with Crippen molar-refractivity contribution in [3.63, 3.8) is 0 Å². The van der Waals surface area contributed by atoms with Crippen LogP contribution in [0.5, 0.6) is 0 Å². The summed E-state index contributed by atoms with van der Waals surface area (Å²) in [6, 6.07) is -0.491. The van der Waals surface area contributed by atoms with Crippen LogP contribution >= 0.6 is 0 Å². The number of amides is 1. The fourth-order valence-electron chi connectivity index (χ4n) is 5.41. The summed E-state index contributed by atoms with van der Waals surface area (Å²) in [4.78, 5) is 12.3. The third kappa shape index (κ3) is 12.4. The molecule has 1 rings (SSSR count). The molecule has 0 aliphatic carbocycles. The average molecular weight is 652 g/mol. The number of carbonyl (C=O) groups excluding carboxylic acids is 1. The van der Waals surface area contributed by atoms with Crippen molar-refractivity contribution < 1.29 is 61.6 Å². The second kappa shape index (κ2) is 21.9. The van der Waals surface area contributed by atoms with Gasteiger partial charge in [0.15, 0.2) is 0 Å². The Morgan fingerprint density at radius 1 is 0.889 bits per heavy atom. The first-order chi connectivity index (χ1) is 21.5. The third-order valence-corrected chi connectivity index (χ3v) is 7.95. The molecule has 1 N–H and O–H groups in total. The van der Waals surface area contributed by atoms with Crippen LogP contribution in [-0.4, -0.2) is 150 Å². The number of carbonyl (C=O) groups is 1. The van der Waals surface area contributed by atoms with E-state index in [0.29, 0.717) is 25.4 Å². The number of hydrogen-bond acceptors (Lipinski definition) is 13. The normalized spacial score (nSPS) is 26.1. The Balaban J connectivity index is 3.31. The van der Waals surface area contributed by atoms with Crippen molar-refractivity contribution in [1.29, 1.82) is 0 Å². The van der Waals surface area contributed by atoms with Gasteiger partial charge in [0.25, 0.3) is 0 Å². The van der Waals surface area contributed by atoms with Crippen molar-refractivity contribution in [2.75, 3.05) is 83.8 Å². The Labute approximate surface area is 268 Å². The van der Waals surface area contributed by atoms with Gasteiger partial charge in [0.05, 0.1) is 51.4 Å². The lowest BCUT2D eigenvalue weighted by atomic mass is 9.89. The number of hydrogen-bond donors (Lipinski definition) is 1. The Kier molecular flexibility index (Phi) is 20.0. The highest BCUT2D eigenvalue weighted by atomic mass is 16.7. The van der Waals surface area contributed by atoms with E-state index < -0.39 is 54.6 Å². The fraction of sp³-hybridized carbons (Fsp3) is 0.839. The van der Waals surface area contributed by atoms with Crippen molar-refractivity contribution in [2.24, 2.45) is 0 Å². The maximum atomic E-state index is 12.3. The molecule has 1 amide bonds. The van der Waals surface area contributed by atoms with Crippen molar-refractivity contribution in [3.05, 3.63) is 24.7 Å². The van der Waals surface area contributed by atoms with Crippen LogP contribution in [0.4, 0.5) is 0 Å². The Bertz CT molecular complexity index is 861. The van der Waals surface area contributed by atoms with Gasteiger partial charge in [0, 0.05) is 70.2 Å². The molecule has 45 heavy (non-hydrogen) atoms. The molecule has 264 valence electrons. The number of ether oxygens (including phenoxy) is 12. The largest absolute Gasteiger partial charge is 0.499 e. The van der Waals surface area contributed by atoms with Crippen molar-refractivity contribution in [2.45, 2.75) is 87.3 Å². The Morgan fingerprint density at radius 3 is 2.00 bits per heavy atom. The summed E-state index contributed by atoms with van der Waals surface area (Å²) >= 11 is 0. The zero-order valence-corrected chi connectivity index (χ0v) is 28.9. The van der Waals surface area contributed by atoms with E-state index in [2.05, 4.69) is 11.9 Å². The molecule has 1 aliphatic heterocycles. The smallest absolute Gasteiger partial charge is 0.228 e. The molecule has 1 saturated heterocycles. The highest BCUT2D eigenvalue weighted by Crippen LogP contribution is 2.33. The standard InChI is InChI=1S/C31H57NO13/c1-20(36-6)31(3,17-24(38-8)22(32-21(2)33)16-23(37-7)25(39-9)18-35-5)44-19-26-27(40-10)28(41-11)29(42-12)30(45-26)43-15-13-14-34-4/h13,15,22-30H,1,14,16-19H2,2-12H3,(H,32,33)/b15-13-. The molecule has 0 saturated carbocycles. The number of nitrogens with one attached hydrogen (secondary N) is 1. The molecule has 1 fully saturated rings. The van der Waals surface area contributed by atoms with E-state index >= 15 is 0 Å². The molecule has 10 unspecified atom stereocenters. The molecule has 0 aromatic heterocycles. The molecule has 0 aromatic rings. The second-order valence-corrected chi connectivity index (χ2v) is 10.8. The van der Waals surface area contributed by atoms with E-state index in [4.69, 9.17) is 56.8 Å². The van der Waals surface area contributed by atoms with Crippen LogP contribution in [0.3, 0.4) is 0 Å². The van der Waals surface area contributed by atoms with Gasteiger partial charge in [0.2, 0.25) is 12.2 Å². The van der Waals surface area contributed by atoms with E-state index in [0.717, 1.165) is 0 Å². The first-order valence-electron chi connectivity index (χ1n) is 14.8. The van der Waals surface area contributed by atoms with Crippen LogP contribution in [0, 0.1) is 0 Å². The minimum Gasteiger partial charge on any atom is -0.499 e. The van der Waals surface area contributed by atoms with Crippen molar-refractivity contribution >= 4 is 5.91 Å². The van der Waals surface area contributed by atoms with Crippen LogP contribution in [0.1, 0.15) is 26.7 Å². The highest BCUT2D eigenvalue weighted by molar-refractivity contribution is 5.73. The van der Waals surface area contributed by atoms with Gasteiger partial charge in [-0.2, -0.15) is 0 Å². The predicted molar refractivity (Wildman–Crippen MR) is 165 cm³/mol. The molecule has 14 heteroatoms. The molecule has 0 bridgehead atoms. The topological polar surface area (TPSA) is 140 Å². The first-order valence-corrected chi connectivity index (χ1v) is 14.8. The maximum absolute atomic E-state index is 12.3. The van der Waals surface area contributed by atoms with E-state index in [-0.39, 0.29) is 25.0 Å². The van der Waals surface area contributed by atoms with E-state index in [9.17, 15) is 4.79 Å². The first kappa shape index (κ1) is 41.2. The lowest BCUT2D eigenvalue weighted by Crippen LogP contribution is -2.61. The molecule has 0 radical (unpaired) electrons. The predicted octanol–water partition coefficient (Wildman–Crippen LogP) is 1.84. The van der Waals surface area contributed by atoms with E-state index in [1.165, 1.54) is 20.3 Å². The van der Waals surface area contributed by atoms with Crippen LogP contribution in [-0.2, 0) is 61.6 Å². The Morgan fingerprint density at radius 2 is 1.51 bits per heavy atom. The van der Waals surface area contributed by atoms with Crippen LogP contribution < -0.4 is 5.32 Å². The summed E-state index contributed by atoms with van der Waals surface area (Å²) in [7, 11) is 14.1. The third-order valence-electron chi connectivity index (χ3n) is 7.95. The molecule has 1 heterocycles. The lowest BCUT2D eigenvalue weighted by Gasteiger charge is -2.45. The van der Waals surface area contributed by atoms with Crippen LogP contribution in [0.2, 0.25) is 0 Å². The van der Waals surface area contributed by atoms with Gasteiger partial charge in [-0.05, 0) is 19.4 Å². The molecule has 1 aliphatic rings. The summed E-state index contributed by atoms with van der Waals surface area (Å²) < 4.78 is 69.2. The fourth-order valence-corrected chi connectivity index (χ4v) is 5.41. The van der Waals surface area contributed by atoms with Gasteiger partial charge in [-0.15, -0.1) is 0 Å².